The molecule has 9 heteroatoms. The minimum atomic E-state index is -0.490. The monoisotopic (exact) mass is 389 g/mol. The van der Waals surface area contributed by atoms with Gasteiger partial charge in [-0.1, -0.05) is 23.7 Å². The molecular formula is C17H16ClN5O2S. The molecule has 0 bridgehead atoms. The normalized spacial score (nSPS) is 10.5. The molecule has 7 nitrogen and oxygen atoms in total. The summed E-state index contributed by atoms with van der Waals surface area (Å²) in [7, 11) is 0. The van der Waals surface area contributed by atoms with Crippen LogP contribution in [0.5, 0.6) is 0 Å². The number of benzene rings is 1. The summed E-state index contributed by atoms with van der Waals surface area (Å²) in [6.45, 7) is 2.37. The van der Waals surface area contributed by atoms with Gasteiger partial charge in [0.25, 0.3) is 0 Å². The Labute approximate surface area is 159 Å². The largest absolute Gasteiger partial charge is 0.364 e. The molecule has 134 valence electrons. The number of rotatable bonds is 7. The van der Waals surface area contributed by atoms with Gasteiger partial charge in [-0.15, -0.1) is 11.3 Å². The fraction of sp³-hybridized carbons (Fsp3) is 0.176. The summed E-state index contributed by atoms with van der Waals surface area (Å²) in [4.78, 5) is 20.4. The Bertz CT molecular complexity index is 918. The smallest absolute Gasteiger partial charge is 0.353 e. The van der Waals surface area contributed by atoms with Gasteiger partial charge in [0, 0.05) is 22.1 Å². The maximum Gasteiger partial charge on any atom is 0.353 e. The first-order valence-corrected chi connectivity index (χ1v) is 9.10. The molecule has 0 atom stereocenters. The third-order valence-corrected chi connectivity index (χ3v) is 5.12. The van der Waals surface area contributed by atoms with E-state index in [-0.39, 0.29) is 17.3 Å². The summed E-state index contributed by atoms with van der Waals surface area (Å²) < 4.78 is 0. The van der Waals surface area contributed by atoms with Crippen LogP contribution in [0.25, 0.3) is 0 Å². The number of hydrogen-bond donors (Lipinski definition) is 2. The zero-order chi connectivity index (χ0) is 18.5. The molecule has 0 saturated carbocycles. The third kappa shape index (κ3) is 4.09. The Morgan fingerprint density at radius 2 is 2.04 bits per heavy atom. The van der Waals surface area contributed by atoms with Crippen LogP contribution in [-0.4, -0.2) is 21.4 Å². The van der Waals surface area contributed by atoms with Gasteiger partial charge in [-0.2, -0.15) is 0 Å². The molecule has 1 aromatic carbocycles. The Kier molecular flexibility index (Phi) is 5.65. The molecule has 0 aliphatic rings. The summed E-state index contributed by atoms with van der Waals surface area (Å²) >= 11 is 7.76. The van der Waals surface area contributed by atoms with E-state index in [0.29, 0.717) is 17.3 Å². The van der Waals surface area contributed by atoms with Gasteiger partial charge in [-0.3, -0.25) is 10.1 Å². The Balaban J connectivity index is 1.83. The van der Waals surface area contributed by atoms with Crippen LogP contribution >= 0.6 is 22.9 Å². The van der Waals surface area contributed by atoms with Crippen molar-refractivity contribution in [1.82, 2.24) is 9.97 Å². The average molecular weight is 390 g/mol. The van der Waals surface area contributed by atoms with Crippen LogP contribution < -0.4 is 10.6 Å². The Hall–Kier alpha value is -2.71. The van der Waals surface area contributed by atoms with E-state index in [4.69, 9.17) is 11.6 Å². The lowest BCUT2D eigenvalue weighted by Crippen LogP contribution is -2.10. The maximum absolute atomic E-state index is 11.6. The van der Waals surface area contributed by atoms with Gasteiger partial charge in [0.2, 0.25) is 11.6 Å². The number of anilines is 3. The Morgan fingerprint density at radius 3 is 2.77 bits per heavy atom. The average Bonchev–Trinajstić information content (AvgIpc) is 3.12. The topological polar surface area (TPSA) is 93.0 Å². The first-order valence-electron chi connectivity index (χ1n) is 7.84. The van der Waals surface area contributed by atoms with Crippen molar-refractivity contribution in [1.29, 1.82) is 0 Å². The van der Waals surface area contributed by atoms with E-state index in [0.717, 1.165) is 12.0 Å². The SMILES string of the molecule is Cc1c(Cl)cccc1Nc1ncnc(NCCc2cccs2)c1[N+](=O)[O-]. The lowest BCUT2D eigenvalue weighted by Gasteiger charge is -2.12. The van der Waals surface area contributed by atoms with E-state index in [2.05, 4.69) is 20.6 Å². The van der Waals surface area contributed by atoms with Gasteiger partial charge in [-0.05, 0) is 42.5 Å². The number of nitro groups is 1. The van der Waals surface area contributed by atoms with E-state index >= 15 is 0 Å². The van der Waals surface area contributed by atoms with Crippen molar-refractivity contribution in [2.45, 2.75) is 13.3 Å². The van der Waals surface area contributed by atoms with Gasteiger partial charge >= 0.3 is 5.69 Å². The minimum Gasteiger partial charge on any atom is -0.364 e. The van der Waals surface area contributed by atoms with Crippen LogP contribution in [0.2, 0.25) is 5.02 Å². The molecule has 0 amide bonds. The van der Waals surface area contributed by atoms with E-state index in [1.807, 2.05) is 24.4 Å². The molecule has 2 aromatic heterocycles. The molecule has 26 heavy (non-hydrogen) atoms. The number of nitrogens with zero attached hydrogens (tertiary/aromatic N) is 3. The highest BCUT2D eigenvalue weighted by Crippen LogP contribution is 2.33. The molecule has 0 aliphatic heterocycles. The molecule has 2 N–H and O–H groups in total. The molecule has 0 spiro atoms. The molecule has 0 fully saturated rings. The quantitative estimate of drug-likeness (QED) is 0.445. The van der Waals surface area contributed by atoms with E-state index < -0.39 is 4.92 Å². The lowest BCUT2D eigenvalue weighted by atomic mass is 10.2. The van der Waals surface area contributed by atoms with Gasteiger partial charge in [0.05, 0.1) is 4.92 Å². The molecule has 3 rings (SSSR count). The predicted molar refractivity (Wildman–Crippen MR) is 105 cm³/mol. The van der Waals surface area contributed by atoms with Crippen molar-refractivity contribution in [3.05, 3.63) is 67.6 Å². The molecule has 2 heterocycles. The number of aromatic nitrogens is 2. The zero-order valence-electron chi connectivity index (χ0n) is 13.9. The highest BCUT2D eigenvalue weighted by atomic mass is 35.5. The van der Waals surface area contributed by atoms with Crippen molar-refractivity contribution in [3.8, 4) is 0 Å². The third-order valence-electron chi connectivity index (χ3n) is 3.77. The summed E-state index contributed by atoms with van der Waals surface area (Å²) in [5.74, 6) is 0.303. The molecular weight excluding hydrogens is 374 g/mol. The fourth-order valence-corrected chi connectivity index (χ4v) is 3.29. The number of nitrogens with one attached hydrogen (secondary N) is 2. The van der Waals surface area contributed by atoms with Gasteiger partial charge < -0.3 is 10.6 Å². The Morgan fingerprint density at radius 1 is 1.23 bits per heavy atom. The summed E-state index contributed by atoms with van der Waals surface area (Å²) in [6, 6.07) is 9.31. The number of hydrogen-bond acceptors (Lipinski definition) is 7. The predicted octanol–water partition coefficient (Wildman–Crippen LogP) is 4.81. The van der Waals surface area contributed by atoms with Crippen molar-refractivity contribution >= 4 is 45.9 Å². The highest BCUT2D eigenvalue weighted by molar-refractivity contribution is 7.09. The second kappa shape index (κ2) is 8.11. The van der Waals surface area contributed by atoms with Crippen molar-refractivity contribution in [3.63, 3.8) is 0 Å². The van der Waals surface area contributed by atoms with Gasteiger partial charge in [-0.25, -0.2) is 9.97 Å². The fourth-order valence-electron chi connectivity index (χ4n) is 2.40. The second-order valence-electron chi connectivity index (χ2n) is 5.47. The van der Waals surface area contributed by atoms with Crippen LogP contribution in [0.3, 0.4) is 0 Å². The molecule has 0 unspecified atom stereocenters. The van der Waals surface area contributed by atoms with Crippen molar-refractivity contribution in [2.24, 2.45) is 0 Å². The summed E-state index contributed by atoms with van der Waals surface area (Å²) in [5.41, 5.74) is 1.25. The van der Waals surface area contributed by atoms with Gasteiger partial charge in [0.1, 0.15) is 6.33 Å². The number of thiophene rings is 1. The van der Waals surface area contributed by atoms with E-state index in [1.165, 1.54) is 11.2 Å². The van der Waals surface area contributed by atoms with Crippen LogP contribution in [0, 0.1) is 17.0 Å². The van der Waals surface area contributed by atoms with E-state index in [9.17, 15) is 10.1 Å². The number of halogens is 1. The summed E-state index contributed by atoms with van der Waals surface area (Å²) in [5, 5.41) is 20.2. The first-order chi connectivity index (χ1) is 12.6. The van der Waals surface area contributed by atoms with Crippen LogP contribution in [0.1, 0.15) is 10.4 Å². The lowest BCUT2D eigenvalue weighted by molar-refractivity contribution is -0.383. The molecule has 0 radical (unpaired) electrons. The standard InChI is InChI=1S/C17H16ClN5O2S/c1-11-13(18)5-2-6-14(11)22-17-15(23(24)25)16(20-10-21-17)19-8-7-12-4-3-9-26-12/h2-6,9-10H,7-8H2,1H3,(H2,19,20,21,22). The second-order valence-corrected chi connectivity index (χ2v) is 6.91. The molecule has 0 aliphatic carbocycles. The first kappa shape index (κ1) is 18.1. The molecule has 0 saturated heterocycles. The van der Waals surface area contributed by atoms with Crippen LogP contribution in [-0.2, 0) is 6.42 Å². The summed E-state index contributed by atoms with van der Waals surface area (Å²) in [6.07, 6.45) is 2.05. The van der Waals surface area contributed by atoms with Crippen LogP contribution in [0.15, 0.2) is 42.0 Å². The van der Waals surface area contributed by atoms with Crippen LogP contribution in [0.4, 0.5) is 23.0 Å². The van der Waals surface area contributed by atoms with Crippen molar-refractivity contribution in [2.75, 3.05) is 17.2 Å². The highest BCUT2D eigenvalue weighted by Gasteiger charge is 2.23. The minimum absolute atomic E-state index is 0.119. The maximum atomic E-state index is 11.6. The van der Waals surface area contributed by atoms with E-state index in [1.54, 1.807) is 29.5 Å². The zero-order valence-corrected chi connectivity index (χ0v) is 15.5. The van der Waals surface area contributed by atoms with Gasteiger partial charge in [0.15, 0.2) is 0 Å². The molecule has 3 aromatic rings. The van der Waals surface area contributed by atoms with Crippen molar-refractivity contribution < 1.29 is 4.92 Å².